The van der Waals surface area contributed by atoms with E-state index in [-0.39, 0.29) is 0 Å². The van der Waals surface area contributed by atoms with Gasteiger partial charge in [0.1, 0.15) is 0 Å². The maximum atomic E-state index is 2.67. The molecule has 4 aliphatic carbocycles. The van der Waals surface area contributed by atoms with Crippen molar-refractivity contribution in [1.82, 2.24) is 4.90 Å². The number of nitrogens with zero attached hydrogens (tertiary/aromatic N) is 1. The number of likely N-dealkylation sites (N-methyl/N-ethyl adjacent to an activating group) is 1. The minimum absolute atomic E-state index is 0.710. The highest BCUT2D eigenvalue weighted by atomic mass is 15.2. The number of likely N-dealkylation sites (tertiary alicyclic amines) is 1. The Bertz CT molecular complexity index is 663. The lowest BCUT2D eigenvalue weighted by molar-refractivity contribution is -0.0846. The van der Waals surface area contributed by atoms with Crippen LogP contribution in [0.2, 0.25) is 0 Å². The second-order valence-electron chi connectivity index (χ2n) is 12.6. The van der Waals surface area contributed by atoms with Crippen molar-refractivity contribution in [3.8, 4) is 0 Å². The highest BCUT2D eigenvalue weighted by molar-refractivity contribution is 5.34. The number of allylic oxidation sites excluding steroid dienone is 1. The minimum atomic E-state index is 0.710. The molecule has 5 aliphatic rings. The minimum Gasteiger partial charge on any atom is -0.371 e. The Kier molecular flexibility index (Phi) is 5.15. The van der Waals surface area contributed by atoms with E-state index in [2.05, 4.69) is 53.5 Å². The smallest absolute Gasteiger partial charge is 0.0487 e. The molecule has 0 aromatic heterocycles. The molecule has 1 aliphatic heterocycles. The summed E-state index contributed by atoms with van der Waals surface area (Å²) in [7, 11) is 2.39. The van der Waals surface area contributed by atoms with Gasteiger partial charge in [-0.3, -0.25) is 0 Å². The first-order valence-electron chi connectivity index (χ1n) is 13.2. The van der Waals surface area contributed by atoms with Gasteiger partial charge in [0.2, 0.25) is 0 Å². The van der Waals surface area contributed by atoms with Crippen LogP contribution in [-0.2, 0) is 0 Å². The molecule has 3 fully saturated rings. The third-order valence-electron chi connectivity index (χ3n) is 11.5. The van der Waals surface area contributed by atoms with E-state index in [4.69, 9.17) is 0 Å². The molecule has 0 aromatic rings. The Hall–Kier alpha value is -0.460. The molecule has 0 saturated heterocycles. The third kappa shape index (κ3) is 2.99. The van der Waals surface area contributed by atoms with E-state index >= 15 is 0 Å². The third-order valence-corrected chi connectivity index (χ3v) is 11.5. The normalized spacial score (nSPS) is 54.9. The van der Waals surface area contributed by atoms with Crippen LogP contribution < -0.4 is 0 Å². The molecule has 1 heterocycles. The topological polar surface area (TPSA) is 3.24 Å². The van der Waals surface area contributed by atoms with Gasteiger partial charge in [-0.05, 0) is 110 Å². The molecule has 1 heteroatoms. The SMILES string of the molecule is CC1CC2=C(C(C3C(C)CCC4C5CC(C)C(C)C(C)C5CCC43)C1)N(C)C2C. The van der Waals surface area contributed by atoms with Gasteiger partial charge in [0.25, 0.3) is 0 Å². The van der Waals surface area contributed by atoms with Crippen molar-refractivity contribution in [3.05, 3.63) is 11.3 Å². The van der Waals surface area contributed by atoms with Crippen LogP contribution in [0.1, 0.15) is 86.5 Å². The van der Waals surface area contributed by atoms with E-state index in [1.807, 2.05) is 11.3 Å². The van der Waals surface area contributed by atoms with E-state index in [1.54, 1.807) is 6.42 Å². The zero-order valence-corrected chi connectivity index (χ0v) is 20.3. The predicted molar refractivity (Wildman–Crippen MR) is 123 cm³/mol. The van der Waals surface area contributed by atoms with Gasteiger partial charge < -0.3 is 4.90 Å². The highest BCUT2D eigenvalue weighted by Gasteiger charge is 2.54. The van der Waals surface area contributed by atoms with Crippen LogP contribution in [0.5, 0.6) is 0 Å². The van der Waals surface area contributed by atoms with Gasteiger partial charge >= 0.3 is 0 Å². The Balaban J connectivity index is 1.45. The van der Waals surface area contributed by atoms with Crippen LogP contribution in [0, 0.1) is 65.1 Å². The van der Waals surface area contributed by atoms with Crippen LogP contribution in [-0.4, -0.2) is 18.0 Å². The summed E-state index contributed by atoms with van der Waals surface area (Å²) in [5, 5.41) is 0. The molecule has 0 aromatic carbocycles. The Morgan fingerprint density at radius 2 is 1.38 bits per heavy atom. The molecule has 0 spiro atoms. The Morgan fingerprint density at radius 1 is 0.690 bits per heavy atom. The quantitative estimate of drug-likeness (QED) is 0.451. The van der Waals surface area contributed by atoms with Gasteiger partial charge in [0.05, 0.1) is 0 Å². The van der Waals surface area contributed by atoms with Crippen molar-refractivity contribution < 1.29 is 0 Å². The second kappa shape index (κ2) is 7.30. The molecule has 12 atom stereocenters. The summed E-state index contributed by atoms with van der Waals surface area (Å²) in [6.07, 6.45) is 10.5. The summed E-state index contributed by atoms with van der Waals surface area (Å²) in [6, 6.07) is 0.710. The maximum absolute atomic E-state index is 2.67. The lowest BCUT2D eigenvalue weighted by Crippen LogP contribution is -2.54. The fraction of sp³-hybridized carbons (Fsp3) is 0.929. The molecular formula is C28H47N. The summed E-state index contributed by atoms with van der Waals surface area (Å²) in [6.45, 7) is 15.3. The maximum Gasteiger partial charge on any atom is 0.0487 e. The zero-order chi connectivity index (χ0) is 20.6. The van der Waals surface area contributed by atoms with Gasteiger partial charge in [-0.2, -0.15) is 0 Å². The molecule has 29 heavy (non-hydrogen) atoms. The molecule has 164 valence electrons. The average Bonchev–Trinajstić information content (AvgIpc) is 2.70. The first kappa shape index (κ1) is 20.4. The van der Waals surface area contributed by atoms with Crippen LogP contribution in [0.25, 0.3) is 0 Å². The average molecular weight is 398 g/mol. The molecule has 0 radical (unpaired) electrons. The molecule has 3 saturated carbocycles. The van der Waals surface area contributed by atoms with E-state index < -0.39 is 0 Å². The lowest BCUT2D eigenvalue weighted by atomic mass is 9.47. The molecule has 12 unspecified atom stereocenters. The summed E-state index contributed by atoms with van der Waals surface area (Å²) < 4.78 is 0. The summed E-state index contributed by atoms with van der Waals surface area (Å²) in [4.78, 5) is 2.67. The van der Waals surface area contributed by atoms with Gasteiger partial charge in [0.15, 0.2) is 0 Å². The van der Waals surface area contributed by atoms with Gasteiger partial charge in [0, 0.05) is 24.7 Å². The first-order valence-corrected chi connectivity index (χ1v) is 13.2. The monoisotopic (exact) mass is 397 g/mol. The fourth-order valence-electron chi connectivity index (χ4n) is 9.61. The van der Waals surface area contributed by atoms with Crippen LogP contribution in [0.15, 0.2) is 11.3 Å². The Morgan fingerprint density at radius 3 is 2.14 bits per heavy atom. The van der Waals surface area contributed by atoms with Crippen LogP contribution in [0.3, 0.4) is 0 Å². The van der Waals surface area contributed by atoms with Gasteiger partial charge in [-0.25, -0.2) is 0 Å². The fourth-order valence-corrected chi connectivity index (χ4v) is 9.61. The first-order chi connectivity index (χ1) is 13.8. The van der Waals surface area contributed by atoms with Crippen molar-refractivity contribution in [2.75, 3.05) is 7.05 Å². The lowest BCUT2D eigenvalue weighted by Gasteiger charge is -2.60. The number of hydrogen-bond donors (Lipinski definition) is 0. The van der Waals surface area contributed by atoms with Crippen molar-refractivity contribution in [2.24, 2.45) is 65.1 Å². The number of hydrogen-bond acceptors (Lipinski definition) is 1. The summed E-state index contributed by atoms with van der Waals surface area (Å²) >= 11 is 0. The Labute approximate surface area is 181 Å². The number of fused-ring (bicyclic) bond motifs is 3. The van der Waals surface area contributed by atoms with Gasteiger partial charge in [-0.15, -0.1) is 0 Å². The van der Waals surface area contributed by atoms with Crippen molar-refractivity contribution in [2.45, 2.75) is 92.5 Å². The van der Waals surface area contributed by atoms with Gasteiger partial charge in [-0.1, -0.05) is 41.0 Å². The molecule has 0 amide bonds. The zero-order valence-electron chi connectivity index (χ0n) is 20.3. The molecule has 1 nitrogen and oxygen atoms in total. The van der Waals surface area contributed by atoms with E-state index in [0.717, 1.165) is 65.1 Å². The molecular weight excluding hydrogens is 350 g/mol. The van der Waals surface area contributed by atoms with Crippen molar-refractivity contribution in [3.63, 3.8) is 0 Å². The summed E-state index contributed by atoms with van der Waals surface area (Å²) in [5.41, 5.74) is 3.65. The predicted octanol–water partition coefficient (Wildman–Crippen LogP) is 7.24. The van der Waals surface area contributed by atoms with Crippen molar-refractivity contribution >= 4 is 0 Å². The van der Waals surface area contributed by atoms with E-state index in [9.17, 15) is 0 Å². The van der Waals surface area contributed by atoms with E-state index in [0.29, 0.717) is 6.04 Å². The largest absolute Gasteiger partial charge is 0.371 e. The van der Waals surface area contributed by atoms with Crippen LogP contribution >= 0.6 is 0 Å². The van der Waals surface area contributed by atoms with Crippen molar-refractivity contribution in [1.29, 1.82) is 0 Å². The van der Waals surface area contributed by atoms with Crippen LogP contribution in [0.4, 0.5) is 0 Å². The molecule has 0 N–H and O–H groups in total. The highest BCUT2D eigenvalue weighted by Crippen LogP contribution is 2.61. The number of rotatable bonds is 1. The summed E-state index contributed by atoms with van der Waals surface area (Å²) in [5.74, 6) is 10.6. The second-order valence-corrected chi connectivity index (χ2v) is 12.6. The molecule has 5 rings (SSSR count). The van der Waals surface area contributed by atoms with E-state index in [1.165, 1.54) is 38.5 Å². The molecule has 0 bridgehead atoms. The standard InChI is InChI=1S/C28H47N/c1-15-12-24-20(6)29(7)28(24)26(13-15)27-16(2)8-9-22-23(27)11-10-21-19(5)18(4)17(3)14-25(21)22/h15-23,25-27H,8-14H2,1-7H3.